The highest BCUT2D eigenvalue weighted by Crippen LogP contribution is 2.18. The van der Waals surface area contributed by atoms with E-state index in [1.165, 1.54) is 0 Å². The van der Waals surface area contributed by atoms with Gasteiger partial charge in [0.15, 0.2) is 6.61 Å². The number of hydrogen-bond acceptors (Lipinski definition) is 5. The first-order chi connectivity index (χ1) is 12.3. The average molecular weight is 330 g/mol. The van der Waals surface area contributed by atoms with Crippen LogP contribution in [0.5, 0.6) is 0 Å². The Morgan fingerprint density at radius 3 is 2.52 bits per heavy atom. The molecule has 0 atom stereocenters. The Bertz CT molecular complexity index is 1030. The van der Waals surface area contributed by atoms with Gasteiger partial charge >= 0.3 is 5.97 Å². The number of benzene rings is 3. The maximum atomic E-state index is 12.2. The van der Waals surface area contributed by atoms with E-state index in [1.807, 2.05) is 60.7 Å². The van der Waals surface area contributed by atoms with Crippen molar-refractivity contribution in [1.82, 2.24) is 10.1 Å². The van der Waals surface area contributed by atoms with E-state index in [9.17, 15) is 4.79 Å². The third-order valence-corrected chi connectivity index (χ3v) is 3.81. The summed E-state index contributed by atoms with van der Waals surface area (Å²) in [5.74, 6) is 0.301. The van der Waals surface area contributed by atoms with Gasteiger partial charge in [-0.25, -0.2) is 4.79 Å². The standard InChI is InChI=1S/C20H14N2O3/c23-20(17-11-10-14-6-4-5-9-16(14)12-17)24-13-18-21-19(22-25-18)15-7-2-1-3-8-15/h1-12H,13H2. The summed E-state index contributed by atoms with van der Waals surface area (Å²) >= 11 is 0. The molecule has 0 N–H and O–H groups in total. The van der Waals surface area contributed by atoms with Crippen molar-refractivity contribution in [2.24, 2.45) is 0 Å². The van der Waals surface area contributed by atoms with Crippen LogP contribution in [-0.2, 0) is 11.3 Å². The van der Waals surface area contributed by atoms with Crippen molar-refractivity contribution in [3.8, 4) is 11.4 Å². The summed E-state index contributed by atoms with van der Waals surface area (Å²) in [4.78, 5) is 16.5. The Labute approximate surface area is 143 Å². The molecule has 0 aliphatic rings. The SMILES string of the molecule is O=C(OCc1nc(-c2ccccc2)no1)c1ccc2ccccc2c1. The predicted octanol–water partition coefficient (Wildman–Crippen LogP) is 4.25. The van der Waals surface area contributed by atoms with Gasteiger partial charge < -0.3 is 9.26 Å². The van der Waals surface area contributed by atoms with Gasteiger partial charge in [-0.1, -0.05) is 65.8 Å². The molecule has 5 heteroatoms. The molecule has 5 nitrogen and oxygen atoms in total. The molecule has 25 heavy (non-hydrogen) atoms. The minimum absolute atomic E-state index is 0.0640. The smallest absolute Gasteiger partial charge is 0.338 e. The molecule has 0 fully saturated rings. The van der Waals surface area contributed by atoms with Crippen molar-refractivity contribution < 1.29 is 14.1 Å². The third kappa shape index (κ3) is 3.26. The van der Waals surface area contributed by atoms with Crippen molar-refractivity contribution in [1.29, 1.82) is 0 Å². The van der Waals surface area contributed by atoms with E-state index in [4.69, 9.17) is 9.26 Å². The van der Waals surface area contributed by atoms with Crippen LogP contribution in [-0.4, -0.2) is 16.1 Å². The van der Waals surface area contributed by atoms with E-state index in [-0.39, 0.29) is 12.5 Å². The lowest BCUT2D eigenvalue weighted by Crippen LogP contribution is -2.05. The molecule has 0 radical (unpaired) electrons. The second-order valence-corrected chi connectivity index (χ2v) is 5.52. The van der Waals surface area contributed by atoms with Crippen LogP contribution in [0.4, 0.5) is 0 Å². The molecular weight excluding hydrogens is 316 g/mol. The van der Waals surface area contributed by atoms with Crippen molar-refractivity contribution in [2.75, 3.05) is 0 Å². The average Bonchev–Trinajstić information content (AvgIpc) is 3.15. The van der Waals surface area contributed by atoms with Crippen LogP contribution in [0.15, 0.2) is 77.3 Å². The van der Waals surface area contributed by atoms with E-state index in [0.717, 1.165) is 16.3 Å². The molecule has 122 valence electrons. The minimum Gasteiger partial charge on any atom is -0.452 e. The molecule has 0 spiro atoms. The van der Waals surface area contributed by atoms with Gasteiger partial charge in [0.05, 0.1) is 5.56 Å². The first kappa shape index (κ1) is 15.1. The molecule has 0 saturated heterocycles. The van der Waals surface area contributed by atoms with Crippen LogP contribution in [0.3, 0.4) is 0 Å². The van der Waals surface area contributed by atoms with Crippen LogP contribution in [0.25, 0.3) is 22.2 Å². The van der Waals surface area contributed by atoms with Crippen LogP contribution in [0.2, 0.25) is 0 Å². The summed E-state index contributed by atoms with van der Waals surface area (Å²) in [7, 11) is 0. The van der Waals surface area contributed by atoms with Crippen LogP contribution in [0.1, 0.15) is 16.2 Å². The molecule has 0 bridgehead atoms. The Balaban J connectivity index is 1.45. The largest absolute Gasteiger partial charge is 0.452 e. The zero-order valence-electron chi connectivity index (χ0n) is 13.3. The fraction of sp³-hybridized carbons (Fsp3) is 0.0500. The van der Waals surface area contributed by atoms with E-state index < -0.39 is 5.97 Å². The van der Waals surface area contributed by atoms with Gasteiger partial charge in [-0.05, 0) is 22.9 Å². The Kier molecular flexibility index (Phi) is 3.96. The van der Waals surface area contributed by atoms with Crippen molar-refractivity contribution >= 4 is 16.7 Å². The van der Waals surface area contributed by atoms with Gasteiger partial charge in [0.1, 0.15) is 0 Å². The molecule has 0 unspecified atom stereocenters. The van der Waals surface area contributed by atoms with E-state index >= 15 is 0 Å². The molecule has 0 aliphatic carbocycles. The summed E-state index contributed by atoms with van der Waals surface area (Å²) in [6.07, 6.45) is 0. The van der Waals surface area contributed by atoms with Crippen LogP contribution in [0, 0.1) is 0 Å². The topological polar surface area (TPSA) is 65.2 Å². The zero-order chi connectivity index (χ0) is 17.1. The monoisotopic (exact) mass is 330 g/mol. The molecule has 4 aromatic rings. The van der Waals surface area contributed by atoms with Crippen molar-refractivity contribution in [3.63, 3.8) is 0 Å². The van der Waals surface area contributed by atoms with Gasteiger partial charge in [0, 0.05) is 5.56 Å². The Hall–Kier alpha value is -3.47. The number of carbonyl (C=O) groups excluding carboxylic acids is 1. The Morgan fingerprint density at radius 2 is 1.68 bits per heavy atom. The normalized spacial score (nSPS) is 10.7. The molecule has 4 rings (SSSR count). The second kappa shape index (κ2) is 6.57. The molecular formula is C20H14N2O3. The number of aromatic nitrogens is 2. The van der Waals surface area contributed by atoms with Crippen molar-refractivity contribution in [3.05, 3.63) is 84.3 Å². The minimum atomic E-state index is -0.426. The highest BCUT2D eigenvalue weighted by molar-refractivity contribution is 5.95. The van der Waals surface area contributed by atoms with E-state index in [2.05, 4.69) is 10.1 Å². The number of ether oxygens (including phenoxy) is 1. The summed E-state index contributed by atoms with van der Waals surface area (Å²) < 4.78 is 10.4. The quantitative estimate of drug-likeness (QED) is 0.523. The van der Waals surface area contributed by atoms with E-state index in [0.29, 0.717) is 11.4 Å². The second-order valence-electron chi connectivity index (χ2n) is 5.52. The van der Waals surface area contributed by atoms with E-state index in [1.54, 1.807) is 12.1 Å². The molecule has 0 saturated carbocycles. The lowest BCUT2D eigenvalue weighted by Gasteiger charge is -2.03. The molecule has 3 aromatic carbocycles. The van der Waals surface area contributed by atoms with Crippen molar-refractivity contribution in [2.45, 2.75) is 6.61 Å². The lowest BCUT2D eigenvalue weighted by atomic mass is 10.1. The maximum Gasteiger partial charge on any atom is 0.338 e. The molecule has 1 heterocycles. The summed E-state index contributed by atoms with van der Waals surface area (Å²) in [6, 6.07) is 22.8. The number of esters is 1. The number of rotatable bonds is 4. The number of hydrogen-bond donors (Lipinski definition) is 0. The Morgan fingerprint density at radius 1 is 0.920 bits per heavy atom. The van der Waals surface area contributed by atoms with Gasteiger partial charge in [0.2, 0.25) is 5.82 Å². The maximum absolute atomic E-state index is 12.2. The molecule has 0 amide bonds. The fourth-order valence-electron chi connectivity index (χ4n) is 2.54. The first-order valence-corrected chi connectivity index (χ1v) is 7.83. The summed E-state index contributed by atoms with van der Waals surface area (Å²) in [5.41, 5.74) is 1.33. The molecule has 0 aliphatic heterocycles. The lowest BCUT2D eigenvalue weighted by molar-refractivity contribution is 0.0430. The number of fused-ring (bicyclic) bond motifs is 1. The highest BCUT2D eigenvalue weighted by atomic mass is 16.6. The number of carbonyl (C=O) groups is 1. The third-order valence-electron chi connectivity index (χ3n) is 3.81. The fourth-order valence-corrected chi connectivity index (χ4v) is 2.54. The van der Waals surface area contributed by atoms with Crippen LogP contribution >= 0.6 is 0 Å². The first-order valence-electron chi connectivity index (χ1n) is 7.83. The predicted molar refractivity (Wildman–Crippen MR) is 92.8 cm³/mol. The van der Waals surface area contributed by atoms with Gasteiger partial charge in [0.25, 0.3) is 5.89 Å². The summed E-state index contributed by atoms with van der Waals surface area (Å²) in [5, 5.41) is 5.96. The highest BCUT2D eigenvalue weighted by Gasteiger charge is 2.12. The van der Waals surface area contributed by atoms with Gasteiger partial charge in [-0.3, -0.25) is 0 Å². The molecule has 1 aromatic heterocycles. The number of nitrogens with zero attached hydrogens (tertiary/aromatic N) is 2. The van der Waals surface area contributed by atoms with Gasteiger partial charge in [-0.2, -0.15) is 4.98 Å². The zero-order valence-corrected chi connectivity index (χ0v) is 13.3. The summed E-state index contributed by atoms with van der Waals surface area (Å²) in [6.45, 7) is -0.0640. The van der Waals surface area contributed by atoms with Gasteiger partial charge in [-0.15, -0.1) is 0 Å². The van der Waals surface area contributed by atoms with Crippen LogP contribution < -0.4 is 0 Å².